The lowest BCUT2D eigenvalue weighted by Crippen LogP contribution is -2.33. The van der Waals surface area contributed by atoms with E-state index in [4.69, 9.17) is 10.7 Å². The molecule has 0 fully saturated rings. The number of hydrogen-bond donors (Lipinski definition) is 2. The van der Waals surface area contributed by atoms with Crippen molar-refractivity contribution in [3.05, 3.63) is 99.4 Å². The van der Waals surface area contributed by atoms with Crippen molar-refractivity contribution in [3.8, 4) is 17.5 Å². The lowest BCUT2D eigenvalue weighted by atomic mass is 10.2. The summed E-state index contributed by atoms with van der Waals surface area (Å²) < 4.78 is 4.62. The van der Waals surface area contributed by atoms with Gasteiger partial charge in [0.15, 0.2) is 11.5 Å². The molecule has 0 spiro atoms. The Morgan fingerprint density at radius 1 is 1.18 bits per heavy atom. The molecule has 0 aliphatic heterocycles. The van der Waals surface area contributed by atoms with Gasteiger partial charge in [-0.15, -0.1) is 16.4 Å². The number of carbonyl (C=O) groups is 1. The maximum Gasteiger partial charge on any atom is 0.268 e. The van der Waals surface area contributed by atoms with Crippen molar-refractivity contribution >= 4 is 38.9 Å². The lowest BCUT2D eigenvalue weighted by molar-refractivity contribution is 0.0940. The number of aryl methyl sites for hydroxylation is 1. The van der Waals surface area contributed by atoms with Gasteiger partial charge >= 0.3 is 0 Å². The fourth-order valence-corrected chi connectivity index (χ4v) is 5.16. The Hall–Kier alpha value is -5.28. The number of benzene rings is 1. The van der Waals surface area contributed by atoms with Crippen LogP contribution in [0.2, 0.25) is 0 Å². The van der Waals surface area contributed by atoms with E-state index in [1.807, 2.05) is 42.8 Å². The maximum absolute atomic E-state index is 14.0. The molecule has 12 heteroatoms. The highest BCUT2D eigenvalue weighted by Crippen LogP contribution is 2.25. The number of nitrogens with zero attached hydrogens (tertiary/aromatic N) is 7. The van der Waals surface area contributed by atoms with E-state index >= 15 is 0 Å². The van der Waals surface area contributed by atoms with Crippen LogP contribution in [0.25, 0.3) is 21.6 Å². The van der Waals surface area contributed by atoms with Gasteiger partial charge in [0.2, 0.25) is 0 Å². The number of para-hydroxylation sites is 1. The van der Waals surface area contributed by atoms with Gasteiger partial charge in [0.25, 0.3) is 11.5 Å². The van der Waals surface area contributed by atoms with Gasteiger partial charge in [-0.05, 0) is 25.1 Å². The Bertz CT molecular complexity index is 1990. The van der Waals surface area contributed by atoms with Crippen LogP contribution in [0.4, 0.5) is 5.82 Å². The van der Waals surface area contributed by atoms with Crippen molar-refractivity contribution < 1.29 is 4.79 Å². The molecular weight excluding hydrogens is 514 g/mol. The van der Waals surface area contributed by atoms with Crippen LogP contribution in [0.5, 0.6) is 0 Å². The molecule has 0 unspecified atom stereocenters. The number of amides is 1. The average Bonchev–Trinajstić information content (AvgIpc) is 3.63. The van der Waals surface area contributed by atoms with Crippen LogP contribution in [0.15, 0.2) is 71.4 Å². The standard InChI is InChI=1S/C27H21N9O2S/c1-16(31-25(37)21-22(28)33-35-12-6-11-29-24(21)35)23-32-26-20(27(38)36(23)19-7-4-3-5-8-19)18(15-39-26)10-9-17-13-30-34(2)14-17/h3-8,11-16H,1-2H3,(H2,28,33)(H,31,37)/t16-/m1/s1. The highest BCUT2D eigenvalue weighted by Gasteiger charge is 2.25. The van der Waals surface area contributed by atoms with Crippen molar-refractivity contribution in [1.82, 2.24) is 39.2 Å². The maximum atomic E-state index is 14.0. The van der Waals surface area contributed by atoms with Gasteiger partial charge in [-0.3, -0.25) is 18.8 Å². The number of hydrogen-bond acceptors (Lipinski definition) is 8. The zero-order valence-electron chi connectivity index (χ0n) is 20.9. The number of carbonyl (C=O) groups excluding carboxylic acids is 1. The Morgan fingerprint density at radius 3 is 2.77 bits per heavy atom. The van der Waals surface area contributed by atoms with Gasteiger partial charge in [0, 0.05) is 31.0 Å². The number of aromatic nitrogens is 7. The molecule has 3 N–H and O–H groups in total. The van der Waals surface area contributed by atoms with Crippen LogP contribution in [0.1, 0.15) is 40.3 Å². The first kappa shape index (κ1) is 24.1. The van der Waals surface area contributed by atoms with Gasteiger partial charge in [0.05, 0.1) is 34.4 Å². The molecule has 192 valence electrons. The van der Waals surface area contributed by atoms with E-state index in [1.165, 1.54) is 20.4 Å². The van der Waals surface area contributed by atoms with Crippen molar-refractivity contribution in [2.45, 2.75) is 13.0 Å². The monoisotopic (exact) mass is 535 g/mol. The minimum absolute atomic E-state index is 0.0531. The quantitative estimate of drug-likeness (QED) is 0.331. The molecule has 5 aromatic heterocycles. The van der Waals surface area contributed by atoms with E-state index in [-0.39, 0.29) is 16.9 Å². The minimum Gasteiger partial charge on any atom is -0.381 e. The third-order valence-electron chi connectivity index (χ3n) is 6.08. The van der Waals surface area contributed by atoms with Crippen molar-refractivity contribution in [1.29, 1.82) is 0 Å². The Morgan fingerprint density at radius 2 is 2.00 bits per heavy atom. The molecular formula is C27H21N9O2S. The molecule has 1 amide bonds. The van der Waals surface area contributed by atoms with Gasteiger partial charge < -0.3 is 11.1 Å². The van der Waals surface area contributed by atoms with Crippen LogP contribution < -0.4 is 16.6 Å². The zero-order valence-corrected chi connectivity index (χ0v) is 21.7. The average molecular weight is 536 g/mol. The van der Waals surface area contributed by atoms with E-state index in [0.717, 1.165) is 5.56 Å². The van der Waals surface area contributed by atoms with E-state index in [2.05, 4.69) is 32.3 Å². The Labute approximate surface area is 225 Å². The summed E-state index contributed by atoms with van der Waals surface area (Å²) >= 11 is 1.32. The highest BCUT2D eigenvalue weighted by atomic mass is 32.1. The molecule has 1 atom stereocenters. The Kier molecular flexibility index (Phi) is 5.90. The second-order valence-corrected chi connectivity index (χ2v) is 9.63. The first-order chi connectivity index (χ1) is 18.9. The number of nitrogens with two attached hydrogens (primary N) is 1. The molecule has 5 heterocycles. The summed E-state index contributed by atoms with van der Waals surface area (Å²) in [6, 6.07) is 10.2. The molecule has 6 aromatic rings. The van der Waals surface area contributed by atoms with Crippen molar-refractivity contribution in [2.24, 2.45) is 7.05 Å². The van der Waals surface area contributed by atoms with Crippen LogP contribution in [-0.4, -0.2) is 39.8 Å². The molecule has 0 aliphatic rings. The van der Waals surface area contributed by atoms with E-state index < -0.39 is 11.9 Å². The van der Waals surface area contributed by atoms with Gasteiger partial charge in [-0.1, -0.05) is 30.0 Å². The second kappa shape index (κ2) is 9.55. The first-order valence-electron chi connectivity index (χ1n) is 11.9. The first-order valence-corrected chi connectivity index (χ1v) is 12.8. The van der Waals surface area contributed by atoms with Crippen molar-refractivity contribution in [2.75, 3.05) is 5.73 Å². The summed E-state index contributed by atoms with van der Waals surface area (Å²) in [5.41, 5.74) is 8.18. The molecule has 6 rings (SSSR count). The number of nitrogen functional groups attached to an aromatic ring is 1. The SMILES string of the molecule is C[C@@H](NC(=O)c1c(N)nn2cccnc12)c1nc2scc(C#Cc3cnn(C)c3)c2c(=O)n1-c1ccccc1. The summed E-state index contributed by atoms with van der Waals surface area (Å²) in [7, 11) is 1.82. The van der Waals surface area contributed by atoms with E-state index in [9.17, 15) is 9.59 Å². The second-order valence-electron chi connectivity index (χ2n) is 8.77. The molecule has 39 heavy (non-hydrogen) atoms. The number of nitrogens with one attached hydrogen (secondary N) is 1. The van der Waals surface area contributed by atoms with Crippen LogP contribution in [-0.2, 0) is 7.05 Å². The molecule has 0 bridgehead atoms. The zero-order chi connectivity index (χ0) is 27.1. The third kappa shape index (κ3) is 4.30. The largest absolute Gasteiger partial charge is 0.381 e. The van der Waals surface area contributed by atoms with E-state index in [1.54, 1.807) is 42.5 Å². The molecule has 0 radical (unpaired) electrons. The summed E-state index contributed by atoms with van der Waals surface area (Å²) in [5, 5.41) is 13.4. The molecule has 11 nitrogen and oxygen atoms in total. The number of thiophene rings is 1. The highest BCUT2D eigenvalue weighted by molar-refractivity contribution is 7.17. The number of anilines is 1. The Balaban J connectivity index is 1.45. The normalized spacial score (nSPS) is 11.8. The van der Waals surface area contributed by atoms with Gasteiger partial charge in [-0.25, -0.2) is 14.5 Å². The topological polar surface area (TPSA) is 138 Å². The third-order valence-corrected chi connectivity index (χ3v) is 6.95. The minimum atomic E-state index is -0.667. The predicted molar refractivity (Wildman–Crippen MR) is 148 cm³/mol. The number of rotatable bonds is 4. The van der Waals surface area contributed by atoms with Crippen LogP contribution in [0.3, 0.4) is 0 Å². The summed E-state index contributed by atoms with van der Waals surface area (Å²) in [6.45, 7) is 1.76. The fourth-order valence-electron chi connectivity index (χ4n) is 4.30. The van der Waals surface area contributed by atoms with Crippen LogP contribution in [0, 0.1) is 11.8 Å². The molecule has 0 saturated heterocycles. The molecule has 0 saturated carbocycles. The summed E-state index contributed by atoms with van der Waals surface area (Å²) in [6.07, 6.45) is 6.69. The fraction of sp³-hybridized carbons (Fsp3) is 0.111. The van der Waals surface area contributed by atoms with Gasteiger partial charge in [-0.2, -0.15) is 5.10 Å². The predicted octanol–water partition coefficient (Wildman–Crippen LogP) is 2.70. The summed E-state index contributed by atoms with van der Waals surface area (Å²) in [4.78, 5) is 36.9. The lowest BCUT2D eigenvalue weighted by Gasteiger charge is -2.19. The smallest absolute Gasteiger partial charge is 0.268 e. The molecule has 1 aromatic carbocycles. The van der Waals surface area contributed by atoms with Crippen molar-refractivity contribution in [3.63, 3.8) is 0 Å². The van der Waals surface area contributed by atoms with Crippen LogP contribution >= 0.6 is 11.3 Å². The van der Waals surface area contributed by atoms with E-state index in [0.29, 0.717) is 32.9 Å². The van der Waals surface area contributed by atoms with Gasteiger partial charge in [0.1, 0.15) is 16.2 Å². The molecule has 0 aliphatic carbocycles. The number of fused-ring (bicyclic) bond motifs is 2. The summed E-state index contributed by atoms with van der Waals surface area (Å²) in [5.74, 6) is 6.10.